The molecule has 54 heavy (non-hydrogen) atoms. The van der Waals surface area contributed by atoms with Crippen LogP contribution in [0.4, 0.5) is 0 Å². The van der Waals surface area contributed by atoms with Crippen LogP contribution in [0.5, 0.6) is 0 Å². The summed E-state index contributed by atoms with van der Waals surface area (Å²) in [6, 6.07) is 60.4. The number of fused-ring (bicyclic) bond motifs is 1. The van der Waals surface area contributed by atoms with Gasteiger partial charge < -0.3 is 0 Å². The third-order valence-corrected chi connectivity index (χ3v) is 9.23. The van der Waals surface area contributed by atoms with Gasteiger partial charge in [-0.1, -0.05) is 146 Å². The van der Waals surface area contributed by atoms with Gasteiger partial charge in [0, 0.05) is 33.4 Å². The standard InChI is InChI=1S/C47H29N7/c48-30-31-15-17-37(18-16-31)44-52-46(54-47(53-44)41-28-23-32-9-7-8-14-40(32)29-41)39-26-21-34(22-27-39)33-19-24-38(25-20-33)45-50-42(35-10-3-1-4-11-35)49-43(51-45)36-12-5-2-6-13-36/h1-29H. The third kappa shape index (κ3) is 6.59. The molecule has 0 unspecified atom stereocenters. The van der Waals surface area contributed by atoms with Gasteiger partial charge in [-0.15, -0.1) is 0 Å². The Morgan fingerprint density at radius 3 is 1.02 bits per heavy atom. The average Bonchev–Trinajstić information content (AvgIpc) is 3.26. The highest BCUT2D eigenvalue weighted by atomic mass is 15.0. The maximum absolute atomic E-state index is 9.34. The highest BCUT2D eigenvalue weighted by Gasteiger charge is 2.15. The SMILES string of the molecule is N#Cc1ccc(-c2nc(-c3ccc(-c4ccc(-c5nc(-c6ccccc6)nc(-c6ccccc6)n5)cc4)cc3)nc(-c3ccc4ccccc4c3)n2)cc1. The summed E-state index contributed by atoms with van der Waals surface area (Å²) in [5.74, 6) is 3.55. The number of rotatable bonds is 7. The summed E-state index contributed by atoms with van der Waals surface area (Å²) in [6.07, 6.45) is 0. The lowest BCUT2D eigenvalue weighted by molar-refractivity contribution is 1.07. The first kappa shape index (κ1) is 32.2. The molecule has 2 aromatic heterocycles. The van der Waals surface area contributed by atoms with Gasteiger partial charge in [-0.25, -0.2) is 29.9 Å². The number of hydrogen-bond acceptors (Lipinski definition) is 7. The van der Waals surface area contributed by atoms with Crippen molar-refractivity contribution in [1.29, 1.82) is 5.26 Å². The Morgan fingerprint density at radius 1 is 0.278 bits per heavy atom. The van der Waals surface area contributed by atoms with E-state index in [9.17, 15) is 5.26 Å². The predicted octanol–water partition coefficient (Wildman–Crippen LogP) is 10.8. The maximum atomic E-state index is 9.34. The molecule has 0 N–H and O–H groups in total. The van der Waals surface area contributed by atoms with E-state index in [1.165, 1.54) is 0 Å². The molecule has 252 valence electrons. The van der Waals surface area contributed by atoms with Crippen LogP contribution in [0.2, 0.25) is 0 Å². The number of nitriles is 1. The van der Waals surface area contributed by atoms with Crippen LogP contribution in [-0.2, 0) is 0 Å². The van der Waals surface area contributed by atoms with E-state index in [0.717, 1.165) is 55.3 Å². The molecule has 7 heteroatoms. The van der Waals surface area contributed by atoms with Crippen molar-refractivity contribution in [1.82, 2.24) is 29.9 Å². The minimum absolute atomic E-state index is 0.538. The van der Waals surface area contributed by atoms with Crippen LogP contribution in [0, 0.1) is 11.3 Å². The highest BCUT2D eigenvalue weighted by Crippen LogP contribution is 2.30. The summed E-state index contributed by atoms with van der Waals surface area (Å²) in [5.41, 5.74) is 8.01. The van der Waals surface area contributed by atoms with Gasteiger partial charge in [-0.05, 0) is 52.2 Å². The van der Waals surface area contributed by atoms with Crippen molar-refractivity contribution in [2.24, 2.45) is 0 Å². The lowest BCUT2D eigenvalue weighted by atomic mass is 10.0. The second-order valence-corrected chi connectivity index (χ2v) is 12.8. The van der Waals surface area contributed by atoms with E-state index in [0.29, 0.717) is 40.5 Å². The van der Waals surface area contributed by atoms with E-state index in [4.69, 9.17) is 29.9 Å². The Hall–Kier alpha value is -7.69. The molecular weight excluding hydrogens is 663 g/mol. The van der Waals surface area contributed by atoms with Gasteiger partial charge >= 0.3 is 0 Å². The van der Waals surface area contributed by atoms with Crippen molar-refractivity contribution in [3.63, 3.8) is 0 Å². The van der Waals surface area contributed by atoms with Gasteiger partial charge in [0.2, 0.25) is 0 Å². The fraction of sp³-hybridized carbons (Fsp3) is 0. The van der Waals surface area contributed by atoms with Gasteiger partial charge in [0.05, 0.1) is 11.6 Å². The molecular formula is C47H29N7. The Morgan fingerprint density at radius 2 is 0.593 bits per heavy atom. The molecule has 9 rings (SSSR count). The predicted molar refractivity (Wildman–Crippen MR) is 213 cm³/mol. The maximum Gasteiger partial charge on any atom is 0.164 e. The van der Waals surface area contributed by atoms with Crippen LogP contribution in [-0.4, -0.2) is 29.9 Å². The second kappa shape index (κ2) is 14.1. The summed E-state index contributed by atoms with van der Waals surface area (Å²) in [6.45, 7) is 0. The molecule has 0 saturated heterocycles. The van der Waals surface area contributed by atoms with Gasteiger partial charge in [-0.3, -0.25) is 0 Å². The fourth-order valence-corrected chi connectivity index (χ4v) is 6.35. The molecule has 7 aromatic carbocycles. The van der Waals surface area contributed by atoms with E-state index < -0.39 is 0 Å². The van der Waals surface area contributed by atoms with Crippen LogP contribution in [0.15, 0.2) is 176 Å². The Bertz CT molecular complexity index is 2740. The van der Waals surface area contributed by atoms with E-state index >= 15 is 0 Å². The van der Waals surface area contributed by atoms with Crippen molar-refractivity contribution < 1.29 is 0 Å². The van der Waals surface area contributed by atoms with Crippen molar-refractivity contribution in [3.05, 3.63) is 181 Å². The Balaban J connectivity index is 1.05. The van der Waals surface area contributed by atoms with Gasteiger partial charge in [0.25, 0.3) is 0 Å². The largest absolute Gasteiger partial charge is 0.208 e. The molecule has 0 atom stereocenters. The zero-order chi connectivity index (χ0) is 36.3. The third-order valence-electron chi connectivity index (χ3n) is 9.23. The van der Waals surface area contributed by atoms with Gasteiger partial charge in [0.15, 0.2) is 34.9 Å². The van der Waals surface area contributed by atoms with Crippen LogP contribution < -0.4 is 0 Å². The molecule has 0 aliphatic carbocycles. The second-order valence-electron chi connectivity index (χ2n) is 12.8. The van der Waals surface area contributed by atoms with Crippen LogP contribution in [0.1, 0.15) is 5.56 Å². The van der Waals surface area contributed by atoms with Crippen molar-refractivity contribution in [2.75, 3.05) is 0 Å². The summed E-state index contributed by atoms with van der Waals surface area (Å²) >= 11 is 0. The lowest BCUT2D eigenvalue weighted by Gasteiger charge is -2.10. The Labute approximate surface area is 312 Å². The normalized spacial score (nSPS) is 10.9. The number of aromatic nitrogens is 6. The van der Waals surface area contributed by atoms with E-state index in [1.54, 1.807) is 12.1 Å². The van der Waals surface area contributed by atoms with Crippen LogP contribution >= 0.6 is 0 Å². The van der Waals surface area contributed by atoms with Crippen molar-refractivity contribution >= 4 is 10.8 Å². The molecule has 0 aliphatic heterocycles. The van der Waals surface area contributed by atoms with Crippen molar-refractivity contribution in [2.45, 2.75) is 0 Å². The Kier molecular flexibility index (Phi) is 8.44. The van der Waals surface area contributed by atoms with Crippen LogP contribution in [0.25, 0.3) is 90.2 Å². The molecule has 0 aliphatic rings. The molecule has 0 radical (unpaired) electrons. The molecule has 0 bridgehead atoms. The molecule has 0 fully saturated rings. The lowest BCUT2D eigenvalue weighted by Crippen LogP contribution is -2.00. The topological polar surface area (TPSA) is 101 Å². The number of benzene rings is 7. The minimum Gasteiger partial charge on any atom is -0.208 e. The summed E-state index contributed by atoms with van der Waals surface area (Å²) in [7, 11) is 0. The molecule has 0 amide bonds. The van der Waals surface area contributed by atoms with Gasteiger partial charge in [-0.2, -0.15) is 5.26 Å². The molecule has 7 nitrogen and oxygen atoms in total. The summed E-state index contributed by atoms with van der Waals surface area (Å²) in [5, 5.41) is 11.6. The van der Waals surface area contributed by atoms with E-state index in [2.05, 4.69) is 54.6 Å². The first-order valence-electron chi connectivity index (χ1n) is 17.5. The zero-order valence-corrected chi connectivity index (χ0v) is 28.9. The molecule has 0 spiro atoms. The summed E-state index contributed by atoms with van der Waals surface area (Å²) in [4.78, 5) is 29.3. The molecule has 0 saturated carbocycles. The zero-order valence-electron chi connectivity index (χ0n) is 28.9. The quantitative estimate of drug-likeness (QED) is 0.164. The smallest absolute Gasteiger partial charge is 0.164 e. The fourth-order valence-electron chi connectivity index (χ4n) is 6.35. The van der Waals surface area contributed by atoms with Crippen molar-refractivity contribution in [3.8, 4) is 85.5 Å². The minimum atomic E-state index is 0.538. The first-order valence-corrected chi connectivity index (χ1v) is 17.5. The van der Waals surface area contributed by atoms with E-state index in [1.807, 2.05) is 115 Å². The molecule has 9 aromatic rings. The average molecular weight is 692 g/mol. The molecule has 2 heterocycles. The highest BCUT2D eigenvalue weighted by molar-refractivity contribution is 5.86. The van der Waals surface area contributed by atoms with E-state index in [-0.39, 0.29) is 0 Å². The van der Waals surface area contributed by atoms with Crippen LogP contribution in [0.3, 0.4) is 0 Å². The summed E-state index contributed by atoms with van der Waals surface area (Å²) < 4.78 is 0. The monoisotopic (exact) mass is 691 g/mol. The number of hydrogen-bond donors (Lipinski definition) is 0. The first-order chi connectivity index (χ1) is 26.7. The number of nitrogens with zero attached hydrogens (tertiary/aromatic N) is 7. The van der Waals surface area contributed by atoms with Gasteiger partial charge in [0.1, 0.15) is 0 Å².